The van der Waals surface area contributed by atoms with E-state index in [4.69, 9.17) is 11.9 Å². The van der Waals surface area contributed by atoms with Crippen LogP contribution in [0.25, 0.3) is 0 Å². The fourth-order valence-electron chi connectivity index (χ4n) is 0.911. The maximum atomic E-state index is 5.08. The molecule has 0 atom stereocenters. The lowest BCUT2D eigenvalue weighted by Crippen LogP contribution is -1.90. The highest BCUT2D eigenvalue weighted by Gasteiger charge is 1.91. The van der Waals surface area contributed by atoms with Gasteiger partial charge in [0.2, 0.25) is 0 Å². The van der Waals surface area contributed by atoms with Gasteiger partial charge in [-0.15, -0.1) is 0 Å². The van der Waals surface area contributed by atoms with Gasteiger partial charge >= 0.3 is 0 Å². The van der Waals surface area contributed by atoms with E-state index in [1.807, 2.05) is 0 Å². The summed E-state index contributed by atoms with van der Waals surface area (Å²) in [6.07, 6.45) is 0.879. The first-order valence-corrected chi connectivity index (χ1v) is 3.93. The summed E-state index contributed by atoms with van der Waals surface area (Å²) >= 11 is 5.08. The van der Waals surface area contributed by atoms with Crippen molar-refractivity contribution in [1.29, 1.82) is 0 Å². The predicted molar refractivity (Wildman–Crippen MR) is 46.7 cm³/mol. The van der Waals surface area contributed by atoms with Gasteiger partial charge in [-0.25, -0.2) is 0 Å². The van der Waals surface area contributed by atoms with E-state index in [-0.39, 0.29) is 0 Å². The van der Waals surface area contributed by atoms with Crippen molar-refractivity contribution in [1.82, 2.24) is 0 Å². The molecule has 0 aliphatic rings. The molecule has 60 valence electrons. The van der Waals surface area contributed by atoms with Crippen LogP contribution < -0.4 is 0 Å². The highest BCUT2D eigenvalue weighted by atomic mass is 35.5. The third-order valence-electron chi connectivity index (χ3n) is 1.59. The molecule has 0 saturated heterocycles. The molecule has 0 spiro atoms. The van der Waals surface area contributed by atoms with Gasteiger partial charge in [-0.3, -0.25) is 4.29 Å². The second-order valence-corrected chi connectivity index (χ2v) is 2.77. The topological polar surface area (TPSA) is 9.23 Å². The summed E-state index contributed by atoms with van der Waals surface area (Å²) in [7, 11) is 0. The quantitative estimate of drug-likeness (QED) is 0.678. The van der Waals surface area contributed by atoms with Crippen LogP contribution in [0.2, 0.25) is 0 Å². The van der Waals surface area contributed by atoms with Crippen LogP contribution in [0.15, 0.2) is 24.3 Å². The van der Waals surface area contributed by atoms with Gasteiger partial charge < -0.3 is 0 Å². The van der Waals surface area contributed by atoms with Crippen LogP contribution >= 0.6 is 11.9 Å². The lowest BCUT2D eigenvalue weighted by Gasteiger charge is -1.98. The summed E-state index contributed by atoms with van der Waals surface area (Å²) in [5.74, 6) is 0. The first-order valence-electron chi connectivity index (χ1n) is 3.62. The summed E-state index contributed by atoms with van der Waals surface area (Å²) in [6, 6.07) is 8.35. The van der Waals surface area contributed by atoms with Crippen molar-refractivity contribution in [3.63, 3.8) is 0 Å². The zero-order valence-corrected chi connectivity index (χ0v) is 7.27. The standard InChI is InChI=1S/C9H11ClO/c1-8-2-4-9(5-3-8)6-7-11-10/h2-5H,6-7H2,1H3. The summed E-state index contributed by atoms with van der Waals surface area (Å²) in [4.78, 5) is 0. The van der Waals surface area contributed by atoms with Crippen LogP contribution in [-0.4, -0.2) is 6.61 Å². The normalized spacial score (nSPS) is 10.0. The van der Waals surface area contributed by atoms with Crippen molar-refractivity contribution in [2.24, 2.45) is 0 Å². The number of aryl methyl sites for hydroxylation is 1. The molecule has 0 aliphatic heterocycles. The van der Waals surface area contributed by atoms with E-state index >= 15 is 0 Å². The molecule has 0 radical (unpaired) electrons. The largest absolute Gasteiger partial charge is 0.279 e. The lowest BCUT2D eigenvalue weighted by atomic mass is 10.1. The number of halogens is 1. The van der Waals surface area contributed by atoms with Gasteiger partial charge in [0.1, 0.15) is 0 Å². The van der Waals surface area contributed by atoms with Gasteiger partial charge in [0, 0.05) is 0 Å². The molecule has 0 amide bonds. The molecule has 1 aromatic rings. The highest BCUT2D eigenvalue weighted by molar-refractivity contribution is 6.07. The molecule has 0 bridgehead atoms. The Morgan fingerprint density at radius 1 is 1.27 bits per heavy atom. The molecule has 1 nitrogen and oxygen atoms in total. The van der Waals surface area contributed by atoms with Crippen LogP contribution in [0.1, 0.15) is 11.1 Å². The van der Waals surface area contributed by atoms with Gasteiger partial charge in [0.15, 0.2) is 0 Å². The van der Waals surface area contributed by atoms with Crippen LogP contribution in [0.4, 0.5) is 0 Å². The Hall–Kier alpha value is -0.530. The molecule has 0 N–H and O–H groups in total. The lowest BCUT2D eigenvalue weighted by molar-refractivity contribution is 0.356. The zero-order valence-electron chi connectivity index (χ0n) is 6.51. The average Bonchev–Trinajstić information content (AvgIpc) is 2.04. The summed E-state index contributed by atoms with van der Waals surface area (Å²) < 4.78 is 4.45. The highest BCUT2D eigenvalue weighted by Crippen LogP contribution is 2.03. The van der Waals surface area contributed by atoms with Gasteiger partial charge in [0.25, 0.3) is 0 Å². The minimum Gasteiger partial charge on any atom is -0.279 e. The Labute approximate surface area is 72.1 Å². The second-order valence-electron chi connectivity index (χ2n) is 2.55. The van der Waals surface area contributed by atoms with E-state index < -0.39 is 0 Å². The van der Waals surface area contributed by atoms with Gasteiger partial charge in [-0.1, -0.05) is 29.8 Å². The third kappa shape index (κ3) is 2.91. The van der Waals surface area contributed by atoms with Crippen molar-refractivity contribution >= 4 is 11.9 Å². The van der Waals surface area contributed by atoms with Gasteiger partial charge in [-0.2, -0.15) is 0 Å². The molecular weight excluding hydrogens is 160 g/mol. The van der Waals surface area contributed by atoms with E-state index in [0.717, 1.165) is 6.42 Å². The summed E-state index contributed by atoms with van der Waals surface area (Å²) in [5.41, 5.74) is 2.54. The predicted octanol–water partition coefficient (Wildman–Crippen LogP) is 2.71. The Morgan fingerprint density at radius 2 is 1.91 bits per heavy atom. The van der Waals surface area contributed by atoms with E-state index in [2.05, 4.69) is 35.5 Å². The molecule has 0 saturated carbocycles. The fourth-order valence-corrected chi connectivity index (χ4v) is 0.988. The Bertz CT molecular complexity index is 205. The minimum atomic E-state index is 0.574. The van der Waals surface area contributed by atoms with Crippen LogP contribution in [0.3, 0.4) is 0 Å². The number of rotatable bonds is 3. The zero-order chi connectivity index (χ0) is 8.10. The monoisotopic (exact) mass is 170 g/mol. The van der Waals surface area contributed by atoms with Crippen LogP contribution in [0.5, 0.6) is 0 Å². The van der Waals surface area contributed by atoms with Crippen molar-refractivity contribution in [3.05, 3.63) is 35.4 Å². The molecule has 0 aromatic heterocycles. The molecule has 0 heterocycles. The van der Waals surface area contributed by atoms with Crippen molar-refractivity contribution in [3.8, 4) is 0 Å². The van der Waals surface area contributed by atoms with Crippen molar-refractivity contribution in [2.75, 3.05) is 6.61 Å². The van der Waals surface area contributed by atoms with E-state index in [9.17, 15) is 0 Å². The maximum Gasteiger partial charge on any atom is 0.0722 e. The van der Waals surface area contributed by atoms with Crippen LogP contribution in [-0.2, 0) is 10.7 Å². The van der Waals surface area contributed by atoms with Gasteiger partial charge in [-0.05, 0) is 18.9 Å². The number of hydrogen-bond donors (Lipinski definition) is 0. The summed E-state index contributed by atoms with van der Waals surface area (Å²) in [5, 5.41) is 0. The van der Waals surface area contributed by atoms with Crippen molar-refractivity contribution < 1.29 is 4.29 Å². The molecule has 0 unspecified atom stereocenters. The molecule has 0 fully saturated rings. The third-order valence-corrected chi connectivity index (χ3v) is 1.74. The van der Waals surface area contributed by atoms with Crippen molar-refractivity contribution in [2.45, 2.75) is 13.3 Å². The second kappa shape index (κ2) is 4.37. The summed E-state index contributed by atoms with van der Waals surface area (Å²) in [6.45, 7) is 2.65. The molecule has 1 aromatic carbocycles. The van der Waals surface area contributed by atoms with Gasteiger partial charge in [0.05, 0.1) is 18.5 Å². The number of benzene rings is 1. The fraction of sp³-hybridized carbons (Fsp3) is 0.333. The first-order chi connectivity index (χ1) is 5.33. The molecule has 1 rings (SSSR count). The Morgan fingerprint density at radius 3 is 2.45 bits per heavy atom. The maximum absolute atomic E-state index is 5.08. The average molecular weight is 171 g/mol. The van der Waals surface area contributed by atoms with Crippen LogP contribution in [0, 0.1) is 6.92 Å². The number of hydrogen-bond acceptors (Lipinski definition) is 1. The minimum absolute atomic E-state index is 0.574. The van der Waals surface area contributed by atoms with E-state index in [0.29, 0.717) is 6.61 Å². The SMILES string of the molecule is Cc1ccc(CCOCl)cc1. The smallest absolute Gasteiger partial charge is 0.0722 e. The molecule has 2 heteroatoms. The Balaban J connectivity index is 2.52. The molecular formula is C9H11ClO. The van der Waals surface area contributed by atoms with E-state index in [1.165, 1.54) is 11.1 Å². The molecule has 0 aliphatic carbocycles. The Kier molecular flexibility index (Phi) is 3.40. The van der Waals surface area contributed by atoms with E-state index in [1.54, 1.807) is 0 Å². The first kappa shape index (κ1) is 8.57. The molecule has 11 heavy (non-hydrogen) atoms.